The normalized spacial score (nSPS) is 14.8. The number of carbonyl (C=O) groups excluding carboxylic acids is 2. The van der Waals surface area contributed by atoms with E-state index < -0.39 is 6.04 Å². The average molecular weight is 261 g/mol. The molecule has 0 bridgehead atoms. The van der Waals surface area contributed by atoms with Crippen LogP contribution >= 0.6 is 0 Å². The van der Waals surface area contributed by atoms with Crippen molar-refractivity contribution in [1.82, 2.24) is 10.6 Å². The molecule has 1 unspecified atom stereocenters. The number of nitrogens with one attached hydrogen (secondary N) is 3. The van der Waals surface area contributed by atoms with Crippen LogP contribution in [0.3, 0.4) is 0 Å². The van der Waals surface area contributed by atoms with E-state index in [1.807, 2.05) is 12.1 Å². The SMILES string of the molecule is CNC(=O)C(C)NC(=O)c1ccc2c(c1)CCCN2. The molecule has 2 amide bonds. The molecule has 0 saturated heterocycles. The lowest BCUT2D eigenvalue weighted by molar-refractivity contribution is -0.122. The average Bonchev–Trinajstić information content (AvgIpc) is 2.45. The number of aryl methyl sites for hydroxylation is 1. The maximum Gasteiger partial charge on any atom is 0.251 e. The minimum atomic E-state index is -0.536. The Morgan fingerprint density at radius 2 is 2.16 bits per heavy atom. The van der Waals surface area contributed by atoms with E-state index in [4.69, 9.17) is 0 Å². The first-order valence-corrected chi connectivity index (χ1v) is 6.51. The van der Waals surface area contributed by atoms with Gasteiger partial charge in [-0.05, 0) is 43.5 Å². The van der Waals surface area contributed by atoms with Crippen molar-refractivity contribution >= 4 is 17.5 Å². The van der Waals surface area contributed by atoms with E-state index >= 15 is 0 Å². The van der Waals surface area contributed by atoms with Gasteiger partial charge in [-0.3, -0.25) is 9.59 Å². The summed E-state index contributed by atoms with van der Waals surface area (Å²) in [6.45, 7) is 2.64. The van der Waals surface area contributed by atoms with E-state index in [9.17, 15) is 9.59 Å². The second-order valence-corrected chi connectivity index (χ2v) is 4.71. The van der Waals surface area contributed by atoms with Gasteiger partial charge in [0.15, 0.2) is 0 Å². The fourth-order valence-corrected chi connectivity index (χ4v) is 2.18. The summed E-state index contributed by atoms with van der Waals surface area (Å²) in [6, 6.07) is 5.07. The standard InChI is InChI=1S/C14H19N3O2/c1-9(13(18)15-2)17-14(19)11-5-6-12-10(8-11)4-3-7-16-12/h5-6,8-9,16H,3-4,7H2,1-2H3,(H,15,18)(H,17,19). The minimum Gasteiger partial charge on any atom is -0.385 e. The van der Waals surface area contributed by atoms with E-state index in [1.54, 1.807) is 20.0 Å². The first-order chi connectivity index (χ1) is 9.11. The largest absolute Gasteiger partial charge is 0.385 e. The number of hydrogen-bond donors (Lipinski definition) is 3. The van der Waals surface area contributed by atoms with Crippen LogP contribution in [0.15, 0.2) is 18.2 Å². The van der Waals surface area contributed by atoms with Crippen molar-refractivity contribution in [2.45, 2.75) is 25.8 Å². The van der Waals surface area contributed by atoms with Crippen LogP contribution in [0.2, 0.25) is 0 Å². The summed E-state index contributed by atoms with van der Waals surface area (Å²) in [6.07, 6.45) is 2.06. The Hall–Kier alpha value is -2.04. The first kappa shape index (κ1) is 13.4. The Morgan fingerprint density at radius 1 is 1.37 bits per heavy atom. The van der Waals surface area contributed by atoms with Gasteiger partial charge in [0.25, 0.3) is 5.91 Å². The van der Waals surface area contributed by atoms with Crippen molar-refractivity contribution in [2.24, 2.45) is 0 Å². The van der Waals surface area contributed by atoms with Crippen LogP contribution in [-0.2, 0) is 11.2 Å². The molecule has 5 heteroatoms. The molecule has 0 saturated carbocycles. The van der Waals surface area contributed by atoms with Gasteiger partial charge >= 0.3 is 0 Å². The predicted molar refractivity (Wildman–Crippen MR) is 74.2 cm³/mol. The number of carbonyl (C=O) groups is 2. The highest BCUT2D eigenvalue weighted by Crippen LogP contribution is 2.22. The number of anilines is 1. The smallest absolute Gasteiger partial charge is 0.251 e. The molecule has 1 aliphatic rings. The van der Waals surface area contributed by atoms with Gasteiger partial charge < -0.3 is 16.0 Å². The topological polar surface area (TPSA) is 70.2 Å². The summed E-state index contributed by atoms with van der Waals surface area (Å²) in [4.78, 5) is 23.4. The molecule has 102 valence electrons. The Balaban J connectivity index is 2.09. The van der Waals surface area contributed by atoms with E-state index in [0.717, 1.165) is 30.6 Å². The second kappa shape index (κ2) is 5.73. The summed E-state index contributed by atoms with van der Waals surface area (Å²) in [7, 11) is 1.55. The summed E-state index contributed by atoms with van der Waals surface area (Å²) in [5.74, 6) is -0.419. The highest BCUT2D eigenvalue weighted by Gasteiger charge is 2.17. The van der Waals surface area contributed by atoms with Crippen LogP contribution in [0.1, 0.15) is 29.3 Å². The number of rotatable bonds is 3. The zero-order valence-corrected chi connectivity index (χ0v) is 11.2. The molecule has 1 atom stereocenters. The summed E-state index contributed by atoms with van der Waals surface area (Å²) in [5, 5.41) is 8.49. The van der Waals surface area contributed by atoms with Gasteiger partial charge in [-0.25, -0.2) is 0 Å². The molecule has 0 aromatic heterocycles. The highest BCUT2D eigenvalue weighted by molar-refractivity contribution is 5.97. The zero-order chi connectivity index (χ0) is 13.8. The zero-order valence-electron chi connectivity index (χ0n) is 11.2. The fourth-order valence-electron chi connectivity index (χ4n) is 2.18. The molecule has 5 nitrogen and oxygen atoms in total. The Bertz CT molecular complexity index is 499. The van der Waals surface area contributed by atoms with Gasteiger partial charge in [0.2, 0.25) is 5.91 Å². The molecule has 19 heavy (non-hydrogen) atoms. The molecule has 0 fully saturated rings. The van der Waals surface area contributed by atoms with Gasteiger partial charge in [0.05, 0.1) is 0 Å². The molecular weight excluding hydrogens is 242 g/mol. The molecule has 1 aliphatic heterocycles. The lowest BCUT2D eigenvalue weighted by Crippen LogP contribution is -2.43. The quantitative estimate of drug-likeness (QED) is 0.757. The third kappa shape index (κ3) is 3.05. The van der Waals surface area contributed by atoms with E-state index in [1.165, 1.54) is 0 Å². The van der Waals surface area contributed by atoms with Crippen molar-refractivity contribution in [2.75, 3.05) is 18.9 Å². The first-order valence-electron chi connectivity index (χ1n) is 6.51. The molecule has 2 rings (SSSR count). The lowest BCUT2D eigenvalue weighted by Gasteiger charge is -2.19. The second-order valence-electron chi connectivity index (χ2n) is 4.71. The Morgan fingerprint density at radius 3 is 2.89 bits per heavy atom. The Labute approximate surface area is 112 Å². The molecule has 1 heterocycles. The number of hydrogen-bond acceptors (Lipinski definition) is 3. The molecular formula is C14H19N3O2. The predicted octanol–water partition coefficient (Wildman–Crippen LogP) is 0.909. The van der Waals surface area contributed by atoms with Crippen LogP contribution in [0, 0.1) is 0 Å². The van der Waals surface area contributed by atoms with Crippen LogP contribution in [0.5, 0.6) is 0 Å². The maximum atomic E-state index is 12.0. The van der Waals surface area contributed by atoms with Gasteiger partial charge in [-0.2, -0.15) is 0 Å². The van der Waals surface area contributed by atoms with E-state index in [2.05, 4.69) is 16.0 Å². The van der Waals surface area contributed by atoms with Gasteiger partial charge in [0.1, 0.15) is 6.04 Å². The van der Waals surface area contributed by atoms with Crippen LogP contribution < -0.4 is 16.0 Å². The molecule has 0 spiro atoms. The molecule has 3 N–H and O–H groups in total. The molecule has 0 aliphatic carbocycles. The van der Waals surface area contributed by atoms with Crippen LogP contribution in [0.25, 0.3) is 0 Å². The van der Waals surface area contributed by atoms with E-state index in [-0.39, 0.29) is 11.8 Å². The number of likely N-dealkylation sites (N-methyl/N-ethyl adjacent to an activating group) is 1. The third-order valence-electron chi connectivity index (χ3n) is 3.29. The molecule has 1 aromatic rings. The fraction of sp³-hybridized carbons (Fsp3) is 0.429. The summed E-state index contributed by atoms with van der Waals surface area (Å²) < 4.78 is 0. The van der Waals surface area contributed by atoms with Gasteiger partial charge in [-0.15, -0.1) is 0 Å². The number of fused-ring (bicyclic) bond motifs is 1. The van der Waals surface area contributed by atoms with Crippen molar-refractivity contribution in [3.05, 3.63) is 29.3 Å². The summed E-state index contributed by atoms with van der Waals surface area (Å²) in [5.41, 5.74) is 2.85. The number of benzene rings is 1. The minimum absolute atomic E-state index is 0.201. The van der Waals surface area contributed by atoms with Crippen LogP contribution in [-0.4, -0.2) is 31.4 Å². The molecule has 1 aromatic carbocycles. The van der Waals surface area contributed by atoms with E-state index in [0.29, 0.717) is 5.56 Å². The summed E-state index contributed by atoms with van der Waals surface area (Å²) >= 11 is 0. The molecule has 0 radical (unpaired) electrons. The van der Waals surface area contributed by atoms with Crippen molar-refractivity contribution in [1.29, 1.82) is 0 Å². The van der Waals surface area contributed by atoms with Crippen molar-refractivity contribution < 1.29 is 9.59 Å². The van der Waals surface area contributed by atoms with Crippen LogP contribution in [0.4, 0.5) is 5.69 Å². The van der Waals surface area contributed by atoms with Crippen molar-refractivity contribution in [3.63, 3.8) is 0 Å². The highest BCUT2D eigenvalue weighted by atomic mass is 16.2. The Kier molecular flexibility index (Phi) is 4.04. The van der Waals surface area contributed by atoms with Gasteiger partial charge in [-0.1, -0.05) is 0 Å². The maximum absolute atomic E-state index is 12.0. The van der Waals surface area contributed by atoms with Gasteiger partial charge in [0, 0.05) is 24.8 Å². The lowest BCUT2D eigenvalue weighted by atomic mass is 10.0. The monoisotopic (exact) mass is 261 g/mol. The number of amides is 2. The van der Waals surface area contributed by atoms with Crippen molar-refractivity contribution in [3.8, 4) is 0 Å². The third-order valence-corrected chi connectivity index (χ3v) is 3.29.